The molecule has 0 aliphatic heterocycles. The number of carbonyl (C=O) groups is 1. The Bertz CT molecular complexity index is 385. The number of nitrogens with zero attached hydrogens (tertiary/aromatic N) is 2. The first-order chi connectivity index (χ1) is 8.02. The summed E-state index contributed by atoms with van der Waals surface area (Å²) in [5.41, 5.74) is 0.475. The molecule has 0 aromatic carbocycles. The molecule has 0 N–H and O–H groups in total. The largest absolute Gasteiger partial charge is 0.493 e. The zero-order valence-electron chi connectivity index (χ0n) is 11.1. The van der Waals surface area contributed by atoms with Gasteiger partial charge in [-0.25, -0.2) is 0 Å². The van der Waals surface area contributed by atoms with Gasteiger partial charge in [0.05, 0.1) is 13.3 Å². The van der Waals surface area contributed by atoms with E-state index in [2.05, 4.69) is 5.10 Å². The summed E-state index contributed by atoms with van der Waals surface area (Å²) < 4.78 is 12.1. The van der Waals surface area contributed by atoms with Crippen molar-refractivity contribution in [3.05, 3.63) is 11.9 Å². The Labute approximate surface area is 102 Å². The summed E-state index contributed by atoms with van der Waals surface area (Å²) >= 11 is 0. The van der Waals surface area contributed by atoms with Gasteiger partial charge in [0, 0.05) is 12.6 Å². The third kappa shape index (κ3) is 2.85. The van der Waals surface area contributed by atoms with E-state index in [-0.39, 0.29) is 11.8 Å². The summed E-state index contributed by atoms with van der Waals surface area (Å²) in [4.78, 5) is 12.2. The number of aromatic nitrogens is 2. The van der Waals surface area contributed by atoms with Gasteiger partial charge in [-0.2, -0.15) is 5.10 Å². The van der Waals surface area contributed by atoms with Crippen molar-refractivity contribution in [1.82, 2.24) is 9.78 Å². The first kappa shape index (κ1) is 13.7. The molecule has 1 unspecified atom stereocenters. The Balaban J connectivity index is 3.09. The maximum absolute atomic E-state index is 12.2. The molecule has 1 atom stereocenters. The Morgan fingerprint density at radius 2 is 2.12 bits per heavy atom. The van der Waals surface area contributed by atoms with Crippen molar-refractivity contribution in [2.24, 2.45) is 0 Å². The van der Waals surface area contributed by atoms with Crippen LogP contribution in [0.4, 0.5) is 0 Å². The van der Waals surface area contributed by atoms with E-state index >= 15 is 0 Å². The number of carbonyl (C=O) groups excluding carboxylic acids is 1. The molecule has 1 aromatic rings. The molecule has 0 spiro atoms. The van der Waals surface area contributed by atoms with Gasteiger partial charge in [-0.05, 0) is 27.7 Å². The lowest BCUT2D eigenvalue weighted by Gasteiger charge is -2.15. The van der Waals surface area contributed by atoms with Crippen molar-refractivity contribution < 1.29 is 14.3 Å². The van der Waals surface area contributed by atoms with Gasteiger partial charge >= 0.3 is 0 Å². The van der Waals surface area contributed by atoms with Crippen molar-refractivity contribution in [3.63, 3.8) is 0 Å². The van der Waals surface area contributed by atoms with Crippen LogP contribution in [0.15, 0.2) is 6.20 Å². The number of ketones is 1. The van der Waals surface area contributed by atoms with Gasteiger partial charge in [0.2, 0.25) is 5.78 Å². The molecule has 0 radical (unpaired) electrons. The monoisotopic (exact) mass is 240 g/mol. The minimum absolute atomic E-state index is 0.102. The second-order valence-electron chi connectivity index (χ2n) is 4.06. The van der Waals surface area contributed by atoms with Crippen molar-refractivity contribution in [2.75, 3.05) is 13.7 Å². The molecule has 1 aromatic heterocycles. The van der Waals surface area contributed by atoms with Gasteiger partial charge in [0.15, 0.2) is 5.75 Å². The van der Waals surface area contributed by atoms with Crippen LogP contribution in [0, 0.1) is 0 Å². The summed E-state index contributed by atoms with van der Waals surface area (Å²) in [5.74, 6) is 0.394. The molecule has 1 rings (SSSR count). The molecule has 0 aliphatic rings. The average Bonchev–Trinajstić information content (AvgIpc) is 2.71. The lowest BCUT2D eigenvalue weighted by molar-refractivity contribution is 0.0506. The molecule has 96 valence electrons. The van der Waals surface area contributed by atoms with Crippen LogP contribution in [0.2, 0.25) is 0 Å². The molecule has 5 heteroatoms. The average molecular weight is 240 g/mol. The molecule has 1 heterocycles. The minimum atomic E-state index is -0.483. The zero-order valence-corrected chi connectivity index (χ0v) is 11.1. The predicted octanol–water partition coefficient (Wildman–Crippen LogP) is 2.08. The van der Waals surface area contributed by atoms with Crippen LogP contribution in [0.1, 0.15) is 44.2 Å². The van der Waals surface area contributed by atoms with E-state index in [1.807, 2.05) is 20.8 Å². The van der Waals surface area contributed by atoms with E-state index in [1.165, 1.54) is 7.11 Å². The van der Waals surface area contributed by atoms with Gasteiger partial charge in [-0.1, -0.05) is 0 Å². The molecule has 5 nitrogen and oxygen atoms in total. The van der Waals surface area contributed by atoms with E-state index in [4.69, 9.17) is 9.47 Å². The summed E-state index contributed by atoms with van der Waals surface area (Å²) in [7, 11) is 1.53. The smallest absolute Gasteiger partial charge is 0.213 e. The summed E-state index contributed by atoms with van der Waals surface area (Å²) in [6.45, 7) is 8.04. The molecular weight excluding hydrogens is 220 g/mol. The van der Waals surface area contributed by atoms with E-state index in [0.717, 1.165) is 0 Å². The quantitative estimate of drug-likeness (QED) is 0.714. The first-order valence-electron chi connectivity index (χ1n) is 5.80. The minimum Gasteiger partial charge on any atom is -0.493 e. The van der Waals surface area contributed by atoms with Crippen molar-refractivity contribution in [2.45, 2.75) is 39.8 Å². The molecule has 0 bridgehead atoms. The molecule has 17 heavy (non-hydrogen) atoms. The number of Topliss-reactive ketones (excluding diaryl/α,β-unsaturated/α-hetero) is 1. The van der Waals surface area contributed by atoms with Crippen molar-refractivity contribution >= 4 is 5.78 Å². The number of methoxy groups -OCH3 is 1. The van der Waals surface area contributed by atoms with Crippen LogP contribution in [0.3, 0.4) is 0 Å². The van der Waals surface area contributed by atoms with Crippen LogP contribution in [0.5, 0.6) is 5.75 Å². The summed E-state index contributed by atoms with van der Waals surface area (Å²) in [6, 6.07) is 0.103. The second kappa shape index (κ2) is 5.82. The lowest BCUT2D eigenvalue weighted by Crippen LogP contribution is -2.25. The molecule has 0 saturated heterocycles. The maximum atomic E-state index is 12.2. The van der Waals surface area contributed by atoms with E-state index in [0.29, 0.717) is 18.1 Å². The highest BCUT2D eigenvalue weighted by molar-refractivity contribution is 6.00. The van der Waals surface area contributed by atoms with Gasteiger partial charge < -0.3 is 9.47 Å². The fourth-order valence-electron chi connectivity index (χ4n) is 1.64. The molecule has 0 aliphatic carbocycles. The van der Waals surface area contributed by atoms with Gasteiger partial charge in [0.25, 0.3) is 0 Å². The van der Waals surface area contributed by atoms with Crippen LogP contribution in [0.25, 0.3) is 0 Å². The highest BCUT2D eigenvalue weighted by Crippen LogP contribution is 2.23. The van der Waals surface area contributed by atoms with Crippen molar-refractivity contribution in [1.29, 1.82) is 0 Å². The number of hydrogen-bond donors (Lipinski definition) is 0. The van der Waals surface area contributed by atoms with Gasteiger partial charge in [0.1, 0.15) is 11.8 Å². The van der Waals surface area contributed by atoms with Crippen LogP contribution in [-0.4, -0.2) is 35.4 Å². The van der Waals surface area contributed by atoms with E-state index in [1.54, 1.807) is 17.8 Å². The van der Waals surface area contributed by atoms with Crippen LogP contribution >= 0.6 is 0 Å². The lowest BCUT2D eigenvalue weighted by atomic mass is 10.1. The Hall–Kier alpha value is -1.36. The Morgan fingerprint density at radius 1 is 1.47 bits per heavy atom. The number of ether oxygens (including phenoxy) is 2. The fourth-order valence-corrected chi connectivity index (χ4v) is 1.64. The molecule has 0 fully saturated rings. The number of hydrogen-bond acceptors (Lipinski definition) is 4. The van der Waals surface area contributed by atoms with E-state index < -0.39 is 6.10 Å². The normalized spacial score (nSPS) is 12.8. The predicted molar refractivity (Wildman–Crippen MR) is 64.6 cm³/mol. The van der Waals surface area contributed by atoms with Gasteiger partial charge in [-0.3, -0.25) is 9.48 Å². The molecule has 0 saturated carbocycles. The van der Waals surface area contributed by atoms with Crippen LogP contribution < -0.4 is 4.74 Å². The Morgan fingerprint density at radius 3 is 2.59 bits per heavy atom. The highest BCUT2D eigenvalue weighted by Gasteiger charge is 2.25. The zero-order chi connectivity index (χ0) is 13.0. The SMILES string of the molecule is CCOC(C)C(=O)c1c(OC)cnn1C(C)C. The second-order valence-corrected chi connectivity index (χ2v) is 4.06. The third-order valence-electron chi connectivity index (χ3n) is 2.49. The highest BCUT2D eigenvalue weighted by atomic mass is 16.5. The Kier molecular flexibility index (Phi) is 4.69. The molecule has 0 amide bonds. The van der Waals surface area contributed by atoms with Crippen LogP contribution in [-0.2, 0) is 4.74 Å². The van der Waals surface area contributed by atoms with Crippen molar-refractivity contribution in [3.8, 4) is 5.75 Å². The molecular formula is C12H20N2O3. The van der Waals surface area contributed by atoms with E-state index in [9.17, 15) is 4.79 Å². The fraction of sp³-hybridized carbons (Fsp3) is 0.667. The van der Waals surface area contributed by atoms with Gasteiger partial charge in [-0.15, -0.1) is 0 Å². The topological polar surface area (TPSA) is 53.4 Å². The number of rotatable bonds is 6. The maximum Gasteiger partial charge on any atom is 0.213 e. The first-order valence-corrected chi connectivity index (χ1v) is 5.80. The summed E-state index contributed by atoms with van der Waals surface area (Å²) in [6.07, 6.45) is 1.08. The standard InChI is InChI=1S/C12H20N2O3/c1-6-17-9(4)12(15)11-10(16-5)7-13-14(11)8(2)3/h7-9H,6H2,1-5H3. The summed E-state index contributed by atoms with van der Waals surface area (Å²) in [5, 5.41) is 4.17. The third-order valence-corrected chi connectivity index (χ3v) is 2.49.